The van der Waals surface area contributed by atoms with Gasteiger partial charge in [0, 0.05) is 30.6 Å². The molecular weight excluding hydrogens is 443 g/mol. The molecule has 0 saturated heterocycles. The van der Waals surface area contributed by atoms with E-state index >= 15 is 0 Å². The molecule has 33 heavy (non-hydrogen) atoms. The lowest BCUT2D eigenvalue weighted by molar-refractivity contribution is -0.136. The number of hydrogen-bond donors (Lipinski definition) is 1. The van der Waals surface area contributed by atoms with E-state index in [4.69, 9.17) is 9.47 Å². The highest BCUT2D eigenvalue weighted by atomic mass is 32.1. The highest BCUT2D eigenvalue weighted by molar-refractivity contribution is 7.10. The van der Waals surface area contributed by atoms with Crippen LogP contribution in [0.1, 0.15) is 30.3 Å². The van der Waals surface area contributed by atoms with Crippen LogP contribution in [0.15, 0.2) is 48.4 Å². The number of benzene rings is 1. The van der Waals surface area contributed by atoms with Crippen molar-refractivity contribution in [1.82, 2.24) is 9.80 Å². The highest BCUT2D eigenvalue weighted by Crippen LogP contribution is 2.34. The molecule has 1 aliphatic rings. The summed E-state index contributed by atoms with van der Waals surface area (Å²) < 4.78 is 24.9. The number of aliphatic hydroxyl groups excluding tert-OH is 1. The van der Waals surface area contributed by atoms with Gasteiger partial charge in [-0.05, 0) is 49.4 Å². The molecule has 0 bridgehead atoms. The number of fused-ring (bicyclic) bond motifs is 1. The maximum absolute atomic E-state index is 13.6. The molecule has 0 spiro atoms. The van der Waals surface area contributed by atoms with Crippen LogP contribution >= 0.6 is 11.3 Å². The summed E-state index contributed by atoms with van der Waals surface area (Å²) >= 11 is 1.68. The molecule has 2 heterocycles. The number of rotatable bonds is 12. The Hall–Kier alpha value is -2.26. The van der Waals surface area contributed by atoms with Crippen molar-refractivity contribution in [3.8, 4) is 5.75 Å². The predicted molar refractivity (Wildman–Crippen MR) is 128 cm³/mol. The van der Waals surface area contributed by atoms with Crippen LogP contribution in [0.4, 0.5) is 4.39 Å². The lowest BCUT2D eigenvalue weighted by atomic mass is 10.0. The molecule has 1 N–H and O–H groups in total. The van der Waals surface area contributed by atoms with Gasteiger partial charge in [-0.1, -0.05) is 12.1 Å². The van der Waals surface area contributed by atoms with Gasteiger partial charge in [0.2, 0.25) is 5.91 Å². The van der Waals surface area contributed by atoms with Crippen molar-refractivity contribution in [2.45, 2.75) is 38.5 Å². The van der Waals surface area contributed by atoms with Gasteiger partial charge in [0.15, 0.2) is 0 Å². The van der Waals surface area contributed by atoms with Gasteiger partial charge in [-0.2, -0.15) is 0 Å². The van der Waals surface area contributed by atoms with E-state index < -0.39 is 6.10 Å². The molecule has 1 aromatic heterocycles. The van der Waals surface area contributed by atoms with E-state index in [9.17, 15) is 14.3 Å². The van der Waals surface area contributed by atoms with Crippen molar-refractivity contribution in [3.05, 3.63) is 64.6 Å². The van der Waals surface area contributed by atoms with E-state index in [1.165, 1.54) is 17.0 Å². The number of hydrogen-bond acceptors (Lipinski definition) is 6. The summed E-state index contributed by atoms with van der Waals surface area (Å²) in [5, 5.41) is 12.4. The van der Waals surface area contributed by atoms with Crippen molar-refractivity contribution in [2.24, 2.45) is 0 Å². The molecule has 8 heteroatoms. The lowest BCUT2D eigenvalue weighted by Gasteiger charge is -2.37. The van der Waals surface area contributed by atoms with Crippen LogP contribution in [0.2, 0.25) is 0 Å². The lowest BCUT2D eigenvalue weighted by Crippen LogP contribution is -2.48. The summed E-state index contributed by atoms with van der Waals surface area (Å²) in [5.74, 6) is 0.0326. The predicted octanol–water partition coefficient (Wildman–Crippen LogP) is 3.67. The molecule has 2 atom stereocenters. The number of nitrogens with zero attached hydrogens (tertiary/aromatic N) is 2. The van der Waals surface area contributed by atoms with Gasteiger partial charge in [0.25, 0.3) is 0 Å². The van der Waals surface area contributed by atoms with E-state index in [2.05, 4.69) is 6.58 Å². The number of carbonyl (C=O) groups excluding carboxylic acids is 1. The second-order valence-electron chi connectivity index (χ2n) is 8.44. The van der Waals surface area contributed by atoms with Crippen LogP contribution in [-0.4, -0.2) is 72.4 Å². The topological polar surface area (TPSA) is 62.2 Å². The van der Waals surface area contributed by atoms with E-state index in [-0.39, 0.29) is 43.6 Å². The molecule has 1 aromatic carbocycles. The monoisotopic (exact) mass is 476 g/mol. The molecule has 6 nitrogen and oxygen atoms in total. The Bertz CT molecular complexity index is 919. The number of halogens is 1. The fourth-order valence-corrected chi connectivity index (χ4v) is 4.86. The first kappa shape index (κ1) is 25.4. The maximum Gasteiger partial charge on any atom is 0.237 e. The zero-order valence-corrected chi connectivity index (χ0v) is 20.1. The molecule has 0 radical (unpaired) electrons. The third kappa shape index (κ3) is 7.37. The SMILES string of the molecule is C=CCN(CC(=O)N1CCc2sccc2[C@H]1COc1cccc(F)c1)C[C@@H](O)COC(C)C. The van der Waals surface area contributed by atoms with Crippen molar-refractivity contribution < 1.29 is 23.8 Å². The standard InChI is InChI=1S/C25H33FN2O4S/c1-4-10-27(14-20(29)16-31-18(2)3)15-25(30)28-11-8-24-22(9-12-33-24)23(28)17-32-21-7-5-6-19(26)13-21/h4-7,9,12-13,18,20,23,29H,1,8,10-11,14-17H2,2-3H3/t20-,23-/m1/s1. The summed E-state index contributed by atoms with van der Waals surface area (Å²) in [7, 11) is 0. The van der Waals surface area contributed by atoms with E-state index in [1.807, 2.05) is 35.1 Å². The molecule has 2 aromatic rings. The van der Waals surface area contributed by atoms with Gasteiger partial charge < -0.3 is 19.5 Å². The normalized spacial score (nSPS) is 16.7. The fraction of sp³-hybridized carbons (Fsp3) is 0.480. The van der Waals surface area contributed by atoms with Crippen molar-refractivity contribution in [2.75, 3.05) is 39.4 Å². The number of thiophene rings is 1. The number of amides is 1. The molecule has 0 saturated carbocycles. The van der Waals surface area contributed by atoms with Crippen molar-refractivity contribution in [3.63, 3.8) is 0 Å². The molecule has 0 aliphatic carbocycles. The number of carbonyl (C=O) groups is 1. The molecule has 0 unspecified atom stereocenters. The number of ether oxygens (including phenoxy) is 2. The van der Waals surface area contributed by atoms with Crippen LogP contribution in [0.5, 0.6) is 5.75 Å². The molecule has 1 amide bonds. The average molecular weight is 477 g/mol. The minimum Gasteiger partial charge on any atom is -0.491 e. The Kier molecular flexibility index (Phi) is 9.43. The Morgan fingerprint density at radius 1 is 1.42 bits per heavy atom. The highest BCUT2D eigenvalue weighted by Gasteiger charge is 2.33. The summed E-state index contributed by atoms with van der Waals surface area (Å²) in [6, 6.07) is 7.81. The molecule has 0 fully saturated rings. The summed E-state index contributed by atoms with van der Waals surface area (Å²) in [6.45, 7) is 9.60. The largest absolute Gasteiger partial charge is 0.491 e. The van der Waals surface area contributed by atoms with Crippen LogP contribution in [0.3, 0.4) is 0 Å². The molecule has 3 rings (SSSR count). The van der Waals surface area contributed by atoms with Gasteiger partial charge >= 0.3 is 0 Å². The Morgan fingerprint density at radius 3 is 2.97 bits per heavy atom. The molecule has 180 valence electrons. The first-order valence-electron chi connectivity index (χ1n) is 11.2. The average Bonchev–Trinajstić information content (AvgIpc) is 3.25. The third-order valence-corrected chi connectivity index (χ3v) is 6.45. The van der Waals surface area contributed by atoms with E-state index in [0.717, 1.165) is 12.0 Å². The Balaban J connectivity index is 1.68. The van der Waals surface area contributed by atoms with Crippen LogP contribution in [0, 0.1) is 5.82 Å². The van der Waals surface area contributed by atoms with Crippen molar-refractivity contribution in [1.29, 1.82) is 0 Å². The fourth-order valence-electron chi connectivity index (χ4n) is 3.93. The van der Waals surface area contributed by atoms with Crippen LogP contribution in [-0.2, 0) is 16.0 Å². The maximum atomic E-state index is 13.6. The van der Waals surface area contributed by atoms with Crippen LogP contribution in [0.25, 0.3) is 0 Å². The quantitative estimate of drug-likeness (QED) is 0.474. The molecule has 1 aliphatic heterocycles. The van der Waals surface area contributed by atoms with E-state index in [0.29, 0.717) is 25.4 Å². The van der Waals surface area contributed by atoms with E-state index in [1.54, 1.807) is 29.5 Å². The Morgan fingerprint density at radius 2 is 2.24 bits per heavy atom. The van der Waals surface area contributed by atoms with Crippen molar-refractivity contribution >= 4 is 17.2 Å². The second-order valence-corrected chi connectivity index (χ2v) is 9.44. The minimum atomic E-state index is -0.697. The van der Waals surface area contributed by atoms with Crippen LogP contribution < -0.4 is 4.74 Å². The molecular formula is C25H33FN2O4S. The zero-order valence-electron chi connectivity index (χ0n) is 19.3. The second kappa shape index (κ2) is 12.3. The summed E-state index contributed by atoms with van der Waals surface area (Å²) in [6.07, 6.45) is 1.85. The van der Waals surface area contributed by atoms with Gasteiger partial charge in [0.1, 0.15) is 18.2 Å². The van der Waals surface area contributed by atoms with Gasteiger partial charge in [-0.3, -0.25) is 9.69 Å². The Labute approximate surface area is 199 Å². The van der Waals surface area contributed by atoms with Gasteiger partial charge in [-0.15, -0.1) is 17.9 Å². The van der Waals surface area contributed by atoms with Gasteiger partial charge in [0.05, 0.1) is 31.4 Å². The first-order chi connectivity index (χ1) is 15.9. The van der Waals surface area contributed by atoms with Gasteiger partial charge in [-0.25, -0.2) is 4.39 Å². The zero-order chi connectivity index (χ0) is 23.8. The minimum absolute atomic E-state index is 0.0288. The number of aliphatic hydroxyl groups is 1. The third-order valence-electron chi connectivity index (χ3n) is 5.46. The smallest absolute Gasteiger partial charge is 0.237 e. The summed E-state index contributed by atoms with van der Waals surface area (Å²) in [5.41, 5.74) is 1.08. The first-order valence-corrected chi connectivity index (χ1v) is 12.1. The summed E-state index contributed by atoms with van der Waals surface area (Å²) in [4.78, 5) is 18.3.